The highest BCUT2D eigenvalue weighted by Crippen LogP contribution is 2.26. The molecule has 0 aliphatic heterocycles. The molecule has 1 N–H and O–H groups in total. The molecule has 100 valence electrons. The minimum absolute atomic E-state index is 0.783. The van der Waals surface area contributed by atoms with Crippen molar-refractivity contribution >= 4 is 0 Å². The zero-order chi connectivity index (χ0) is 13.1. The number of aryl methyl sites for hydroxylation is 1. The van der Waals surface area contributed by atoms with Crippen molar-refractivity contribution in [3.05, 3.63) is 41.2 Å². The van der Waals surface area contributed by atoms with E-state index in [-0.39, 0.29) is 0 Å². The maximum atomic E-state index is 4.27. The summed E-state index contributed by atoms with van der Waals surface area (Å²) < 4.78 is 1.93. The molecule has 4 nitrogen and oxygen atoms in total. The Labute approximate surface area is 113 Å². The maximum Gasteiger partial charge on any atom is 0.0969 e. The van der Waals surface area contributed by atoms with Gasteiger partial charge in [0.15, 0.2) is 0 Å². The molecule has 0 saturated heterocycles. The van der Waals surface area contributed by atoms with Gasteiger partial charge in [-0.15, -0.1) is 5.10 Å². The molecule has 4 heteroatoms. The van der Waals surface area contributed by atoms with E-state index in [4.69, 9.17) is 0 Å². The summed E-state index contributed by atoms with van der Waals surface area (Å²) in [6.07, 6.45) is 6.98. The van der Waals surface area contributed by atoms with E-state index in [0.29, 0.717) is 0 Å². The SMILES string of the molecule is CCNCc1cn(-c2cccc3c2CCCC3)nn1. The summed E-state index contributed by atoms with van der Waals surface area (Å²) in [5, 5.41) is 11.8. The molecule has 0 unspecified atom stereocenters. The predicted octanol–water partition coefficient (Wildman–Crippen LogP) is 2.26. The molecule has 0 fully saturated rings. The van der Waals surface area contributed by atoms with Gasteiger partial charge in [-0.25, -0.2) is 4.68 Å². The van der Waals surface area contributed by atoms with Crippen LogP contribution in [0.5, 0.6) is 0 Å². The summed E-state index contributed by atoms with van der Waals surface area (Å²) in [5.41, 5.74) is 5.13. The van der Waals surface area contributed by atoms with Crippen molar-refractivity contribution in [3.63, 3.8) is 0 Å². The highest BCUT2D eigenvalue weighted by molar-refractivity contribution is 5.46. The second kappa shape index (κ2) is 5.53. The molecule has 2 aromatic rings. The number of hydrogen-bond acceptors (Lipinski definition) is 3. The van der Waals surface area contributed by atoms with Crippen LogP contribution in [-0.2, 0) is 19.4 Å². The highest BCUT2D eigenvalue weighted by Gasteiger charge is 2.14. The largest absolute Gasteiger partial charge is 0.311 e. The van der Waals surface area contributed by atoms with Crippen LogP contribution in [0.4, 0.5) is 0 Å². The number of benzene rings is 1. The number of nitrogens with zero attached hydrogens (tertiary/aromatic N) is 3. The van der Waals surface area contributed by atoms with Gasteiger partial charge < -0.3 is 5.32 Å². The van der Waals surface area contributed by atoms with E-state index in [1.54, 1.807) is 0 Å². The van der Waals surface area contributed by atoms with Crippen LogP contribution in [0.1, 0.15) is 36.6 Å². The average molecular weight is 256 g/mol. The first-order valence-electron chi connectivity index (χ1n) is 7.11. The standard InChI is InChI=1S/C15H20N4/c1-2-16-10-13-11-19(18-17-13)15-9-5-7-12-6-3-4-8-14(12)15/h5,7,9,11,16H,2-4,6,8,10H2,1H3. The molecular formula is C15H20N4. The number of aromatic nitrogens is 3. The lowest BCUT2D eigenvalue weighted by molar-refractivity contribution is 0.673. The van der Waals surface area contributed by atoms with Crippen molar-refractivity contribution in [2.45, 2.75) is 39.2 Å². The molecule has 1 aromatic carbocycles. The van der Waals surface area contributed by atoms with Crippen LogP contribution in [0.15, 0.2) is 24.4 Å². The Morgan fingerprint density at radius 1 is 1.26 bits per heavy atom. The van der Waals surface area contributed by atoms with E-state index >= 15 is 0 Å². The highest BCUT2D eigenvalue weighted by atomic mass is 15.4. The second-order valence-electron chi connectivity index (χ2n) is 5.06. The summed E-state index contributed by atoms with van der Waals surface area (Å²) in [7, 11) is 0. The van der Waals surface area contributed by atoms with E-state index in [1.165, 1.54) is 36.1 Å². The molecule has 0 saturated carbocycles. The van der Waals surface area contributed by atoms with E-state index in [2.05, 4.69) is 40.8 Å². The molecule has 0 spiro atoms. The zero-order valence-corrected chi connectivity index (χ0v) is 11.4. The van der Waals surface area contributed by atoms with Crippen LogP contribution >= 0.6 is 0 Å². The van der Waals surface area contributed by atoms with Crippen LogP contribution in [-0.4, -0.2) is 21.5 Å². The number of fused-ring (bicyclic) bond motifs is 1. The van der Waals surface area contributed by atoms with Gasteiger partial charge in [0.2, 0.25) is 0 Å². The van der Waals surface area contributed by atoms with Gasteiger partial charge in [-0.05, 0) is 49.4 Å². The zero-order valence-electron chi connectivity index (χ0n) is 11.4. The first kappa shape index (κ1) is 12.4. The van der Waals surface area contributed by atoms with Gasteiger partial charge >= 0.3 is 0 Å². The van der Waals surface area contributed by atoms with Gasteiger partial charge in [-0.1, -0.05) is 24.3 Å². The molecule has 0 bridgehead atoms. The molecule has 0 radical (unpaired) electrons. The molecule has 3 rings (SSSR count). The van der Waals surface area contributed by atoms with Crippen molar-refractivity contribution in [3.8, 4) is 5.69 Å². The normalized spacial score (nSPS) is 14.4. The Hall–Kier alpha value is -1.68. The summed E-state index contributed by atoms with van der Waals surface area (Å²) >= 11 is 0. The van der Waals surface area contributed by atoms with Gasteiger partial charge in [0, 0.05) is 6.54 Å². The summed E-state index contributed by atoms with van der Waals surface area (Å²) in [6, 6.07) is 6.52. The van der Waals surface area contributed by atoms with Gasteiger partial charge in [0.05, 0.1) is 17.6 Å². The van der Waals surface area contributed by atoms with Crippen molar-refractivity contribution in [2.24, 2.45) is 0 Å². The van der Waals surface area contributed by atoms with Crippen molar-refractivity contribution in [1.82, 2.24) is 20.3 Å². The smallest absolute Gasteiger partial charge is 0.0969 e. The minimum Gasteiger partial charge on any atom is -0.311 e. The third-order valence-electron chi connectivity index (χ3n) is 3.71. The number of hydrogen-bond donors (Lipinski definition) is 1. The topological polar surface area (TPSA) is 42.7 Å². The molecule has 19 heavy (non-hydrogen) atoms. The first-order chi connectivity index (χ1) is 9.38. The minimum atomic E-state index is 0.783. The Bertz CT molecular complexity index is 559. The molecule has 1 aliphatic carbocycles. The monoisotopic (exact) mass is 256 g/mol. The fourth-order valence-electron chi connectivity index (χ4n) is 2.73. The van der Waals surface area contributed by atoms with Crippen LogP contribution in [0.3, 0.4) is 0 Å². The number of nitrogens with one attached hydrogen (secondary N) is 1. The molecule has 0 atom stereocenters. The molecule has 1 aromatic heterocycles. The average Bonchev–Trinajstić information content (AvgIpc) is 2.93. The van der Waals surface area contributed by atoms with E-state index in [1.807, 2.05) is 10.9 Å². The summed E-state index contributed by atoms with van der Waals surface area (Å²) in [5.74, 6) is 0. The van der Waals surface area contributed by atoms with Crippen LogP contribution in [0, 0.1) is 0 Å². The summed E-state index contributed by atoms with van der Waals surface area (Å²) in [4.78, 5) is 0. The van der Waals surface area contributed by atoms with Gasteiger partial charge in [-0.3, -0.25) is 0 Å². The predicted molar refractivity (Wildman–Crippen MR) is 75.4 cm³/mol. The van der Waals surface area contributed by atoms with E-state index in [9.17, 15) is 0 Å². The van der Waals surface area contributed by atoms with Crippen LogP contribution < -0.4 is 5.32 Å². The maximum absolute atomic E-state index is 4.27. The lowest BCUT2D eigenvalue weighted by Crippen LogP contribution is -2.11. The second-order valence-corrected chi connectivity index (χ2v) is 5.06. The third kappa shape index (κ3) is 2.54. The van der Waals surface area contributed by atoms with Crippen LogP contribution in [0.2, 0.25) is 0 Å². The van der Waals surface area contributed by atoms with Gasteiger partial charge in [-0.2, -0.15) is 0 Å². The Balaban J connectivity index is 1.91. The fraction of sp³-hybridized carbons (Fsp3) is 0.467. The van der Waals surface area contributed by atoms with E-state index in [0.717, 1.165) is 25.2 Å². The van der Waals surface area contributed by atoms with Crippen LogP contribution in [0.25, 0.3) is 5.69 Å². The quantitative estimate of drug-likeness (QED) is 0.912. The molecule has 1 aliphatic rings. The Morgan fingerprint density at radius 2 is 2.16 bits per heavy atom. The lowest BCUT2D eigenvalue weighted by atomic mass is 9.90. The Kier molecular flexibility index (Phi) is 3.60. The summed E-state index contributed by atoms with van der Waals surface area (Å²) in [6.45, 7) is 3.83. The number of rotatable bonds is 4. The van der Waals surface area contributed by atoms with Crippen molar-refractivity contribution < 1.29 is 0 Å². The fourth-order valence-corrected chi connectivity index (χ4v) is 2.73. The van der Waals surface area contributed by atoms with Gasteiger partial charge in [0.1, 0.15) is 0 Å². The Morgan fingerprint density at radius 3 is 3.05 bits per heavy atom. The molecule has 1 heterocycles. The van der Waals surface area contributed by atoms with Gasteiger partial charge in [0.25, 0.3) is 0 Å². The van der Waals surface area contributed by atoms with Crippen molar-refractivity contribution in [1.29, 1.82) is 0 Å². The first-order valence-corrected chi connectivity index (χ1v) is 7.11. The molecule has 0 amide bonds. The molecular weight excluding hydrogens is 236 g/mol. The van der Waals surface area contributed by atoms with E-state index < -0.39 is 0 Å². The lowest BCUT2D eigenvalue weighted by Gasteiger charge is -2.18. The third-order valence-corrected chi connectivity index (χ3v) is 3.71. The van der Waals surface area contributed by atoms with Crippen molar-refractivity contribution in [2.75, 3.05) is 6.54 Å².